The predicted octanol–water partition coefficient (Wildman–Crippen LogP) is 3.21. The van der Waals surface area contributed by atoms with E-state index < -0.39 is 36.1 Å². The van der Waals surface area contributed by atoms with Crippen LogP contribution in [0, 0.1) is 17.6 Å². The molecule has 0 spiro atoms. The number of anilines is 1. The summed E-state index contributed by atoms with van der Waals surface area (Å²) in [6.07, 6.45) is -0.224. The van der Waals surface area contributed by atoms with Gasteiger partial charge in [0.2, 0.25) is 0 Å². The highest BCUT2D eigenvalue weighted by atomic mass is 35.5. The molecule has 10 nitrogen and oxygen atoms in total. The summed E-state index contributed by atoms with van der Waals surface area (Å²) in [4.78, 5) is 11.7. The van der Waals surface area contributed by atoms with Gasteiger partial charge >= 0.3 is 0 Å². The van der Waals surface area contributed by atoms with Gasteiger partial charge in [0.1, 0.15) is 41.5 Å². The Hall–Kier alpha value is -2.77. The van der Waals surface area contributed by atoms with Crippen LogP contribution in [-0.2, 0) is 20.8 Å². The van der Waals surface area contributed by atoms with Gasteiger partial charge in [-0.05, 0) is 24.8 Å². The first-order valence-corrected chi connectivity index (χ1v) is 12.9. The topological polar surface area (TPSA) is 120 Å². The van der Waals surface area contributed by atoms with E-state index in [9.17, 15) is 13.9 Å². The SMILES string of the molecule is O[C@@H]1CO[C@H]2[C@@H]1OC[C@H]2Oc1nc2nc(NCc3c(F)cc(OCC4CCOCC4)cc3F)c(Cl)cc2[nH]1. The van der Waals surface area contributed by atoms with Crippen LogP contribution in [0.5, 0.6) is 11.8 Å². The van der Waals surface area contributed by atoms with Crippen LogP contribution in [-0.4, -0.2) is 77.5 Å². The number of nitrogens with zero attached hydrogens (tertiary/aromatic N) is 2. The molecule has 0 saturated carbocycles. The van der Waals surface area contributed by atoms with Crippen molar-refractivity contribution < 1.29 is 37.6 Å². The first-order chi connectivity index (χ1) is 18.4. The summed E-state index contributed by atoms with van der Waals surface area (Å²) in [5, 5.41) is 13.0. The fourth-order valence-electron chi connectivity index (χ4n) is 4.90. The molecule has 13 heteroatoms. The van der Waals surface area contributed by atoms with Crippen molar-refractivity contribution in [3.63, 3.8) is 0 Å². The Balaban J connectivity index is 1.10. The number of imidazole rings is 1. The molecular formula is C25H27ClF2N4O6. The van der Waals surface area contributed by atoms with Crippen molar-refractivity contribution in [1.29, 1.82) is 0 Å². The summed E-state index contributed by atoms with van der Waals surface area (Å²) >= 11 is 6.36. The number of rotatable bonds is 8. The summed E-state index contributed by atoms with van der Waals surface area (Å²) in [6.45, 7) is 1.99. The summed E-state index contributed by atoms with van der Waals surface area (Å²) in [5.41, 5.74) is 0.649. The Morgan fingerprint density at radius 3 is 2.63 bits per heavy atom. The second-order valence-electron chi connectivity index (χ2n) is 9.64. The van der Waals surface area contributed by atoms with Crippen molar-refractivity contribution in [1.82, 2.24) is 15.0 Å². The third-order valence-electron chi connectivity index (χ3n) is 7.02. The van der Waals surface area contributed by atoms with Gasteiger partial charge in [0.25, 0.3) is 6.01 Å². The van der Waals surface area contributed by atoms with Gasteiger partial charge < -0.3 is 39.1 Å². The molecule has 0 radical (unpaired) electrons. The standard InChI is InChI=1S/C25H27ClF2N4O6/c26-15-7-18-24(32-25(30-18)38-20-11-37-21-19(33)10-36-22(20)21)31-23(15)29-8-14-16(27)5-13(6-17(14)28)35-9-12-1-3-34-4-2-12/h5-7,12,19-22,33H,1-4,8-11H2,(H2,29,30,31,32)/t19-,20-,21-,22-/m1/s1. The molecule has 5 heterocycles. The van der Waals surface area contributed by atoms with Gasteiger partial charge in [0.05, 0.1) is 30.4 Å². The van der Waals surface area contributed by atoms with Crippen molar-refractivity contribution in [2.24, 2.45) is 5.92 Å². The molecule has 6 rings (SSSR count). The molecule has 0 amide bonds. The lowest BCUT2D eigenvalue weighted by Crippen LogP contribution is -2.34. The molecule has 0 unspecified atom stereocenters. The number of benzene rings is 1. The number of hydrogen-bond donors (Lipinski definition) is 3. The zero-order chi connectivity index (χ0) is 26.2. The number of halogens is 3. The minimum Gasteiger partial charge on any atom is -0.493 e. The molecule has 38 heavy (non-hydrogen) atoms. The lowest BCUT2D eigenvalue weighted by molar-refractivity contribution is 0.00706. The molecule has 2 aromatic heterocycles. The third-order valence-corrected chi connectivity index (χ3v) is 7.31. The quantitative estimate of drug-likeness (QED) is 0.387. The van der Waals surface area contributed by atoms with Crippen LogP contribution >= 0.6 is 11.6 Å². The molecule has 3 aliphatic rings. The highest BCUT2D eigenvalue weighted by Gasteiger charge is 2.48. The number of ether oxygens (including phenoxy) is 5. The predicted molar refractivity (Wildman–Crippen MR) is 132 cm³/mol. The summed E-state index contributed by atoms with van der Waals surface area (Å²) < 4.78 is 57.5. The number of nitrogens with one attached hydrogen (secondary N) is 2. The van der Waals surface area contributed by atoms with E-state index in [1.807, 2.05) is 0 Å². The molecule has 204 valence electrons. The van der Waals surface area contributed by atoms with Crippen LogP contribution in [0.25, 0.3) is 11.2 Å². The maximum absolute atomic E-state index is 14.7. The van der Waals surface area contributed by atoms with E-state index in [1.165, 1.54) is 12.1 Å². The van der Waals surface area contributed by atoms with Crippen molar-refractivity contribution in [3.05, 3.63) is 40.4 Å². The molecule has 3 saturated heterocycles. The molecule has 0 aliphatic carbocycles. The van der Waals surface area contributed by atoms with E-state index in [4.69, 9.17) is 35.3 Å². The third kappa shape index (κ3) is 5.23. The Morgan fingerprint density at radius 1 is 1.08 bits per heavy atom. The van der Waals surface area contributed by atoms with Crippen LogP contribution in [0.4, 0.5) is 14.6 Å². The van der Waals surface area contributed by atoms with E-state index in [2.05, 4.69) is 20.3 Å². The van der Waals surface area contributed by atoms with Crippen LogP contribution in [0.15, 0.2) is 18.2 Å². The molecular weight excluding hydrogens is 526 g/mol. The normalized spacial score (nSPS) is 25.6. The average molecular weight is 553 g/mol. The largest absolute Gasteiger partial charge is 0.493 e. The summed E-state index contributed by atoms with van der Waals surface area (Å²) in [7, 11) is 0. The van der Waals surface area contributed by atoms with Crippen molar-refractivity contribution in [2.75, 3.05) is 38.4 Å². The fourth-order valence-corrected chi connectivity index (χ4v) is 5.11. The van der Waals surface area contributed by atoms with Gasteiger partial charge in [-0.3, -0.25) is 0 Å². The number of hydrogen-bond acceptors (Lipinski definition) is 9. The number of aliphatic hydroxyl groups excluding tert-OH is 1. The van der Waals surface area contributed by atoms with Crippen LogP contribution in [0.2, 0.25) is 5.02 Å². The number of pyridine rings is 1. The first kappa shape index (κ1) is 25.5. The van der Waals surface area contributed by atoms with Gasteiger partial charge in [-0.2, -0.15) is 4.98 Å². The van der Waals surface area contributed by atoms with Crippen LogP contribution in [0.3, 0.4) is 0 Å². The minimum absolute atomic E-state index is 0.147. The molecule has 4 atom stereocenters. The van der Waals surface area contributed by atoms with Crippen molar-refractivity contribution >= 4 is 28.6 Å². The lowest BCUT2D eigenvalue weighted by atomic mass is 10.0. The zero-order valence-corrected chi connectivity index (χ0v) is 21.0. The molecule has 3 aromatic rings. The Kier molecular flexibility index (Phi) is 7.23. The van der Waals surface area contributed by atoms with E-state index in [1.54, 1.807) is 6.07 Å². The monoisotopic (exact) mass is 552 g/mol. The van der Waals surface area contributed by atoms with E-state index in [0.717, 1.165) is 12.8 Å². The van der Waals surface area contributed by atoms with Gasteiger partial charge in [-0.25, -0.2) is 13.8 Å². The minimum atomic E-state index is -0.733. The number of H-pyrrole nitrogens is 1. The Morgan fingerprint density at radius 2 is 1.84 bits per heavy atom. The number of aromatic amines is 1. The molecule has 0 bridgehead atoms. The van der Waals surface area contributed by atoms with Gasteiger partial charge in [0.15, 0.2) is 11.8 Å². The van der Waals surface area contributed by atoms with Crippen LogP contribution < -0.4 is 14.8 Å². The molecule has 3 aliphatic heterocycles. The highest BCUT2D eigenvalue weighted by Crippen LogP contribution is 2.31. The Bertz CT molecular complexity index is 1280. The molecule has 3 N–H and O–H groups in total. The average Bonchev–Trinajstić information content (AvgIpc) is 3.59. The summed E-state index contributed by atoms with van der Waals surface area (Å²) in [5.74, 6) is -0.803. The zero-order valence-electron chi connectivity index (χ0n) is 20.3. The maximum Gasteiger partial charge on any atom is 0.296 e. The van der Waals surface area contributed by atoms with Gasteiger partial charge in [-0.1, -0.05) is 11.6 Å². The highest BCUT2D eigenvalue weighted by molar-refractivity contribution is 6.33. The smallest absolute Gasteiger partial charge is 0.296 e. The fraction of sp³-hybridized carbons (Fsp3) is 0.520. The van der Waals surface area contributed by atoms with E-state index in [0.29, 0.717) is 36.9 Å². The maximum atomic E-state index is 14.7. The van der Waals surface area contributed by atoms with Crippen molar-refractivity contribution in [2.45, 2.75) is 43.8 Å². The van der Waals surface area contributed by atoms with E-state index >= 15 is 0 Å². The van der Waals surface area contributed by atoms with E-state index in [-0.39, 0.29) is 47.9 Å². The molecule has 1 aromatic carbocycles. The van der Waals surface area contributed by atoms with Gasteiger partial charge in [-0.15, -0.1) is 0 Å². The van der Waals surface area contributed by atoms with Crippen molar-refractivity contribution in [3.8, 4) is 11.8 Å². The Labute approximate surface area is 221 Å². The summed E-state index contributed by atoms with van der Waals surface area (Å²) in [6, 6.07) is 4.14. The van der Waals surface area contributed by atoms with Gasteiger partial charge in [0, 0.05) is 37.5 Å². The first-order valence-electron chi connectivity index (χ1n) is 12.5. The number of fused-ring (bicyclic) bond motifs is 2. The second kappa shape index (κ2) is 10.8. The van der Waals surface area contributed by atoms with Crippen LogP contribution in [0.1, 0.15) is 18.4 Å². The number of aliphatic hydroxyl groups is 1. The molecule has 3 fully saturated rings. The number of aromatic nitrogens is 3. The second-order valence-corrected chi connectivity index (χ2v) is 10.0. The lowest BCUT2D eigenvalue weighted by Gasteiger charge is -2.22.